The molecule has 2 heterocycles. The summed E-state index contributed by atoms with van der Waals surface area (Å²) < 4.78 is 5.65. The van der Waals surface area contributed by atoms with Gasteiger partial charge in [0.1, 0.15) is 11.6 Å². The maximum Gasteiger partial charge on any atom is 0.266 e. The molecule has 0 aliphatic carbocycles. The number of ether oxygens (including phenoxy) is 1. The highest BCUT2D eigenvalue weighted by molar-refractivity contribution is 5.99. The number of amides is 2. The quantitative estimate of drug-likeness (QED) is 0.513. The molecule has 7 nitrogen and oxygen atoms in total. The Hall–Kier alpha value is -3.35. The maximum atomic E-state index is 12.1. The Balaban J connectivity index is 1.14. The van der Waals surface area contributed by atoms with Gasteiger partial charge in [-0.25, -0.2) is 4.98 Å². The van der Waals surface area contributed by atoms with E-state index in [1.165, 1.54) is 0 Å². The van der Waals surface area contributed by atoms with Crippen LogP contribution in [0.4, 0.5) is 5.69 Å². The van der Waals surface area contributed by atoms with Crippen molar-refractivity contribution in [3.8, 4) is 5.75 Å². The molecule has 29 heavy (non-hydrogen) atoms. The van der Waals surface area contributed by atoms with Crippen molar-refractivity contribution in [2.24, 2.45) is 0 Å². The van der Waals surface area contributed by atoms with Gasteiger partial charge >= 0.3 is 0 Å². The topological polar surface area (TPSA) is 96.1 Å². The number of anilines is 1. The summed E-state index contributed by atoms with van der Waals surface area (Å²) in [5, 5.41) is 5.64. The van der Waals surface area contributed by atoms with Gasteiger partial charge < -0.3 is 20.4 Å². The van der Waals surface area contributed by atoms with Crippen LogP contribution in [-0.2, 0) is 16.0 Å². The Morgan fingerprint density at radius 1 is 1.07 bits per heavy atom. The van der Waals surface area contributed by atoms with Gasteiger partial charge in [0.2, 0.25) is 5.91 Å². The SMILES string of the molecule is O=C(CC1Oc2ccccc2NC1=O)NCCCCCc1nc2ccccc2[nH]1. The zero-order chi connectivity index (χ0) is 20.1. The number of hydrogen-bond donors (Lipinski definition) is 3. The van der Waals surface area contributed by atoms with Crippen LogP contribution >= 0.6 is 0 Å². The molecule has 150 valence electrons. The van der Waals surface area contributed by atoms with Crippen molar-refractivity contribution in [3.05, 3.63) is 54.4 Å². The number of nitrogens with one attached hydrogen (secondary N) is 3. The normalized spacial score (nSPS) is 15.4. The van der Waals surface area contributed by atoms with E-state index in [4.69, 9.17) is 4.74 Å². The highest BCUT2D eigenvalue weighted by Gasteiger charge is 2.29. The Bertz CT molecular complexity index is 981. The van der Waals surface area contributed by atoms with E-state index in [9.17, 15) is 9.59 Å². The molecule has 1 aliphatic rings. The molecule has 2 aromatic carbocycles. The molecule has 0 bridgehead atoms. The molecular formula is C22H24N4O3. The molecule has 7 heteroatoms. The van der Waals surface area contributed by atoms with Crippen molar-refractivity contribution in [1.82, 2.24) is 15.3 Å². The van der Waals surface area contributed by atoms with Crippen molar-refractivity contribution >= 4 is 28.5 Å². The molecule has 2 amide bonds. The first-order valence-corrected chi connectivity index (χ1v) is 9.96. The van der Waals surface area contributed by atoms with Gasteiger partial charge in [-0.2, -0.15) is 0 Å². The summed E-state index contributed by atoms with van der Waals surface area (Å²) in [6, 6.07) is 15.2. The van der Waals surface area contributed by atoms with E-state index in [1.807, 2.05) is 36.4 Å². The Morgan fingerprint density at radius 3 is 2.79 bits per heavy atom. The fraction of sp³-hybridized carbons (Fsp3) is 0.318. The summed E-state index contributed by atoms with van der Waals surface area (Å²) in [6.45, 7) is 0.587. The lowest BCUT2D eigenvalue weighted by molar-refractivity contribution is -0.130. The van der Waals surface area contributed by atoms with Crippen LogP contribution in [0.2, 0.25) is 0 Å². The lowest BCUT2D eigenvalue weighted by Gasteiger charge is -2.25. The van der Waals surface area contributed by atoms with Crippen LogP contribution in [0.1, 0.15) is 31.5 Å². The summed E-state index contributed by atoms with van der Waals surface area (Å²) >= 11 is 0. The van der Waals surface area contributed by atoms with E-state index in [-0.39, 0.29) is 18.2 Å². The molecule has 0 saturated heterocycles. The van der Waals surface area contributed by atoms with Crippen LogP contribution in [0.25, 0.3) is 11.0 Å². The minimum Gasteiger partial charge on any atom is -0.478 e. The lowest BCUT2D eigenvalue weighted by Crippen LogP contribution is -2.41. The summed E-state index contributed by atoms with van der Waals surface area (Å²) in [4.78, 5) is 32.1. The molecule has 0 spiro atoms. The third kappa shape index (κ3) is 4.74. The number of carbonyl (C=O) groups is 2. The number of rotatable bonds is 8. The van der Waals surface area contributed by atoms with Crippen LogP contribution in [0.5, 0.6) is 5.75 Å². The fourth-order valence-electron chi connectivity index (χ4n) is 3.41. The summed E-state index contributed by atoms with van der Waals surface area (Å²) in [6.07, 6.45) is 2.98. The number of aryl methyl sites for hydroxylation is 1. The maximum absolute atomic E-state index is 12.1. The Labute approximate surface area is 168 Å². The molecule has 0 saturated carbocycles. The number of nitrogens with zero attached hydrogens (tertiary/aromatic N) is 1. The number of hydrogen-bond acceptors (Lipinski definition) is 4. The molecule has 1 aromatic heterocycles. The van der Waals surface area contributed by atoms with Crippen molar-refractivity contribution in [2.75, 3.05) is 11.9 Å². The molecule has 1 aliphatic heterocycles. The number of unbranched alkanes of at least 4 members (excludes halogenated alkanes) is 2. The third-order valence-electron chi connectivity index (χ3n) is 4.93. The van der Waals surface area contributed by atoms with Gasteiger partial charge in [0.05, 0.1) is 23.1 Å². The summed E-state index contributed by atoms with van der Waals surface area (Å²) in [5.41, 5.74) is 2.69. The van der Waals surface area contributed by atoms with Gasteiger partial charge in [-0.05, 0) is 37.1 Å². The molecule has 3 aromatic rings. The lowest BCUT2D eigenvalue weighted by atomic mass is 10.1. The average molecular weight is 392 g/mol. The highest BCUT2D eigenvalue weighted by atomic mass is 16.5. The minimum absolute atomic E-state index is 0.0130. The Kier molecular flexibility index (Phi) is 5.74. The predicted octanol–water partition coefficient (Wildman–Crippen LogP) is 3.18. The first kappa shape index (κ1) is 19.0. The van der Waals surface area contributed by atoms with E-state index in [0.29, 0.717) is 18.0 Å². The van der Waals surface area contributed by atoms with Gasteiger partial charge in [0.15, 0.2) is 6.10 Å². The zero-order valence-corrected chi connectivity index (χ0v) is 16.1. The number of fused-ring (bicyclic) bond motifs is 2. The number of aromatic nitrogens is 2. The number of aromatic amines is 1. The summed E-state index contributed by atoms with van der Waals surface area (Å²) in [5.74, 6) is 1.12. The van der Waals surface area contributed by atoms with Gasteiger partial charge in [-0.15, -0.1) is 0 Å². The monoisotopic (exact) mass is 392 g/mol. The smallest absolute Gasteiger partial charge is 0.266 e. The first-order valence-electron chi connectivity index (χ1n) is 9.96. The van der Waals surface area contributed by atoms with Crippen LogP contribution in [0.15, 0.2) is 48.5 Å². The highest BCUT2D eigenvalue weighted by Crippen LogP contribution is 2.29. The van der Waals surface area contributed by atoms with Crippen molar-refractivity contribution in [1.29, 1.82) is 0 Å². The van der Waals surface area contributed by atoms with Crippen LogP contribution in [-0.4, -0.2) is 34.4 Å². The molecule has 1 atom stereocenters. The number of para-hydroxylation sites is 4. The average Bonchev–Trinajstić information content (AvgIpc) is 3.14. The second-order valence-electron chi connectivity index (χ2n) is 7.16. The van der Waals surface area contributed by atoms with Crippen molar-refractivity contribution < 1.29 is 14.3 Å². The van der Waals surface area contributed by atoms with Crippen LogP contribution in [0, 0.1) is 0 Å². The van der Waals surface area contributed by atoms with Gasteiger partial charge in [-0.1, -0.05) is 30.7 Å². The number of benzene rings is 2. The van der Waals surface area contributed by atoms with E-state index in [0.717, 1.165) is 42.5 Å². The zero-order valence-electron chi connectivity index (χ0n) is 16.1. The van der Waals surface area contributed by atoms with Gasteiger partial charge in [0.25, 0.3) is 5.91 Å². The number of imidazole rings is 1. The van der Waals surface area contributed by atoms with E-state index in [2.05, 4.69) is 20.6 Å². The molecule has 4 rings (SSSR count). The van der Waals surface area contributed by atoms with Gasteiger partial charge in [-0.3, -0.25) is 9.59 Å². The molecular weight excluding hydrogens is 368 g/mol. The van der Waals surface area contributed by atoms with Crippen LogP contribution < -0.4 is 15.4 Å². The molecule has 0 fully saturated rings. The largest absolute Gasteiger partial charge is 0.478 e. The number of H-pyrrole nitrogens is 1. The Morgan fingerprint density at radius 2 is 1.90 bits per heavy atom. The molecule has 1 unspecified atom stereocenters. The van der Waals surface area contributed by atoms with E-state index in [1.54, 1.807) is 12.1 Å². The van der Waals surface area contributed by atoms with Gasteiger partial charge in [0, 0.05) is 13.0 Å². The second kappa shape index (κ2) is 8.77. The van der Waals surface area contributed by atoms with Crippen molar-refractivity contribution in [2.45, 2.75) is 38.2 Å². The minimum atomic E-state index is -0.794. The van der Waals surface area contributed by atoms with E-state index < -0.39 is 6.10 Å². The summed E-state index contributed by atoms with van der Waals surface area (Å²) in [7, 11) is 0. The molecule has 0 radical (unpaired) electrons. The van der Waals surface area contributed by atoms with E-state index >= 15 is 0 Å². The standard InChI is InChI=1S/C22H24N4O3/c27-21(14-19-22(28)26-17-10-5-6-11-18(17)29-19)23-13-7-1-2-12-20-24-15-8-3-4-9-16(15)25-20/h3-6,8-11,19H,1-2,7,12-14H2,(H,23,27)(H,24,25)(H,26,28). The number of carbonyl (C=O) groups excluding carboxylic acids is 2. The molecule has 3 N–H and O–H groups in total. The first-order chi connectivity index (χ1) is 14.2. The van der Waals surface area contributed by atoms with Crippen LogP contribution in [0.3, 0.4) is 0 Å². The predicted molar refractivity (Wildman–Crippen MR) is 111 cm³/mol. The third-order valence-corrected chi connectivity index (χ3v) is 4.93. The fourth-order valence-corrected chi connectivity index (χ4v) is 3.41. The second-order valence-corrected chi connectivity index (χ2v) is 7.16. The van der Waals surface area contributed by atoms with Crippen molar-refractivity contribution in [3.63, 3.8) is 0 Å².